The van der Waals surface area contributed by atoms with Crippen molar-refractivity contribution in [2.24, 2.45) is 5.73 Å². The van der Waals surface area contributed by atoms with Crippen LogP contribution >= 0.6 is 12.6 Å². The van der Waals surface area contributed by atoms with E-state index in [4.69, 9.17) is 5.73 Å². The molecule has 0 saturated heterocycles. The minimum absolute atomic E-state index is 0.438. The van der Waals surface area contributed by atoms with Gasteiger partial charge in [-0.15, -0.1) is 12.6 Å². The van der Waals surface area contributed by atoms with Crippen molar-refractivity contribution < 1.29 is 4.79 Å². The van der Waals surface area contributed by atoms with Gasteiger partial charge in [0.1, 0.15) is 0 Å². The van der Waals surface area contributed by atoms with Crippen LogP contribution in [-0.4, -0.2) is 5.91 Å². The maximum absolute atomic E-state index is 11.2. The number of amides is 1. The number of nitrogens with two attached hydrogens (primary N) is 1. The van der Waals surface area contributed by atoms with Crippen molar-refractivity contribution in [2.75, 3.05) is 0 Å². The first-order valence-electron chi connectivity index (χ1n) is 4.20. The summed E-state index contributed by atoms with van der Waals surface area (Å²) in [4.78, 5) is 11.8. The van der Waals surface area contributed by atoms with Crippen molar-refractivity contribution >= 4 is 29.3 Å². The zero-order chi connectivity index (χ0) is 10.1. The average Bonchev–Trinajstić information content (AvgIpc) is 2.17. The van der Waals surface area contributed by atoms with E-state index in [1.165, 1.54) is 0 Å². The van der Waals surface area contributed by atoms with Crippen molar-refractivity contribution in [2.45, 2.75) is 4.90 Å². The van der Waals surface area contributed by atoms with Crippen LogP contribution in [0.3, 0.4) is 0 Å². The Kier molecular flexibility index (Phi) is 2.17. The van der Waals surface area contributed by atoms with Crippen molar-refractivity contribution in [1.82, 2.24) is 0 Å². The molecule has 2 N–H and O–H groups in total. The molecule has 0 spiro atoms. The fourth-order valence-corrected chi connectivity index (χ4v) is 1.82. The van der Waals surface area contributed by atoms with E-state index in [1.54, 1.807) is 6.07 Å². The predicted molar refractivity (Wildman–Crippen MR) is 59.7 cm³/mol. The van der Waals surface area contributed by atoms with Crippen LogP contribution in [0, 0.1) is 0 Å². The van der Waals surface area contributed by atoms with Gasteiger partial charge < -0.3 is 5.73 Å². The van der Waals surface area contributed by atoms with Crippen LogP contribution in [0.2, 0.25) is 0 Å². The number of primary amides is 1. The van der Waals surface area contributed by atoms with Gasteiger partial charge in [0.15, 0.2) is 0 Å². The molecule has 0 heterocycles. The second-order valence-corrected chi connectivity index (χ2v) is 3.53. The molecule has 70 valence electrons. The summed E-state index contributed by atoms with van der Waals surface area (Å²) in [6.07, 6.45) is 0. The molecular weight excluding hydrogens is 194 g/mol. The van der Waals surface area contributed by atoms with Gasteiger partial charge in [0.25, 0.3) is 0 Å². The zero-order valence-corrected chi connectivity index (χ0v) is 8.29. The van der Waals surface area contributed by atoms with Gasteiger partial charge in [-0.3, -0.25) is 4.79 Å². The standard InChI is InChI=1S/C11H9NOS/c12-11(13)10-8-4-2-1-3-7(8)5-6-9(10)14/h1-6,14H,(H2,12,13). The number of hydrogen-bond acceptors (Lipinski definition) is 2. The first-order valence-corrected chi connectivity index (χ1v) is 4.65. The average molecular weight is 203 g/mol. The summed E-state index contributed by atoms with van der Waals surface area (Å²) in [5.74, 6) is -0.438. The third-order valence-electron chi connectivity index (χ3n) is 2.15. The van der Waals surface area contributed by atoms with Crippen molar-refractivity contribution in [1.29, 1.82) is 0 Å². The minimum Gasteiger partial charge on any atom is -0.366 e. The summed E-state index contributed by atoms with van der Waals surface area (Å²) in [6.45, 7) is 0. The number of fused-ring (bicyclic) bond motifs is 1. The molecule has 2 rings (SSSR count). The quantitative estimate of drug-likeness (QED) is 0.686. The number of thiol groups is 1. The van der Waals surface area contributed by atoms with Gasteiger partial charge in [-0.25, -0.2) is 0 Å². The molecule has 0 aliphatic heterocycles. The lowest BCUT2D eigenvalue weighted by molar-refractivity contribution is 0.0999. The molecule has 0 unspecified atom stereocenters. The molecular formula is C11H9NOS. The highest BCUT2D eigenvalue weighted by atomic mass is 32.1. The van der Waals surface area contributed by atoms with Crippen molar-refractivity contribution in [3.63, 3.8) is 0 Å². The fraction of sp³-hybridized carbons (Fsp3) is 0. The highest BCUT2D eigenvalue weighted by Gasteiger charge is 2.09. The van der Waals surface area contributed by atoms with Crippen LogP contribution in [0.4, 0.5) is 0 Å². The molecule has 2 nitrogen and oxygen atoms in total. The normalized spacial score (nSPS) is 10.4. The molecule has 0 aromatic heterocycles. The Labute approximate surface area is 87.1 Å². The van der Waals surface area contributed by atoms with E-state index in [1.807, 2.05) is 30.3 Å². The Bertz CT molecular complexity index is 508. The van der Waals surface area contributed by atoms with E-state index in [9.17, 15) is 4.79 Å². The van der Waals surface area contributed by atoms with E-state index >= 15 is 0 Å². The zero-order valence-electron chi connectivity index (χ0n) is 7.40. The highest BCUT2D eigenvalue weighted by Crippen LogP contribution is 2.24. The number of hydrogen-bond donors (Lipinski definition) is 2. The maximum atomic E-state index is 11.2. The van der Waals surface area contributed by atoms with Crippen LogP contribution in [0.1, 0.15) is 10.4 Å². The molecule has 14 heavy (non-hydrogen) atoms. The van der Waals surface area contributed by atoms with Crippen molar-refractivity contribution in [3.05, 3.63) is 42.0 Å². The van der Waals surface area contributed by atoms with Crippen molar-refractivity contribution in [3.8, 4) is 0 Å². The number of carbonyl (C=O) groups is 1. The Hall–Kier alpha value is -1.48. The van der Waals surface area contributed by atoms with E-state index < -0.39 is 5.91 Å². The molecule has 1 amide bonds. The van der Waals surface area contributed by atoms with E-state index in [0.29, 0.717) is 10.5 Å². The molecule has 2 aromatic rings. The maximum Gasteiger partial charge on any atom is 0.250 e. The largest absolute Gasteiger partial charge is 0.366 e. The molecule has 0 saturated carbocycles. The molecule has 0 radical (unpaired) electrons. The number of rotatable bonds is 1. The second-order valence-electron chi connectivity index (χ2n) is 3.05. The second kappa shape index (κ2) is 3.35. The van der Waals surface area contributed by atoms with E-state index in [2.05, 4.69) is 12.6 Å². The summed E-state index contributed by atoms with van der Waals surface area (Å²) in [6, 6.07) is 11.3. The van der Waals surface area contributed by atoms with Crippen LogP contribution in [-0.2, 0) is 0 Å². The summed E-state index contributed by atoms with van der Waals surface area (Å²) < 4.78 is 0. The molecule has 3 heteroatoms. The lowest BCUT2D eigenvalue weighted by Crippen LogP contribution is -2.12. The Morgan fingerprint density at radius 2 is 1.86 bits per heavy atom. The van der Waals surface area contributed by atoms with Crippen LogP contribution < -0.4 is 5.73 Å². The van der Waals surface area contributed by atoms with Gasteiger partial charge in [-0.1, -0.05) is 30.3 Å². The summed E-state index contributed by atoms with van der Waals surface area (Å²) in [5.41, 5.74) is 5.78. The lowest BCUT2D eigenvalue weighted by atomic mass is 10.0. The monoisotopic (exact) mass is 203 g/mol. The summed E-state index contributed by atoms with van der Waals surface area (Å²) >= 11 is 4.21. The third-order valence-corrected chi connectivity index (χ3v) is 2.53. The van der Waals surface area contributed by atoms with Gasteiger partial charge in [0.2, 0.25) is 5.91 Å². The molecule has 0 aliphatic carbocycles. The topological polar surface area (TPSA) is 43.1 Å². The Morgan fingerprint density at radius 1 is 1.14 bits per heavy atom. The summed E-state index contributed by atoms with van der Waals surface area (Å²) in [5, 5.41) is 1.85. The lowest BCUT2D eigenvalue weighted by Gasteiger charge is -2.05. The SMILES string of the molecule is NC(=O)c1c(S)ccc2ccccc12. The molecule has 0 atom stereocenters. The number of carbonyl (C=O) groups excluding carboxylic acids is 1. The molecule has 0 bridgehead atoms. The van der Waals surface area contributed by atoms with Crippen LogP contribution in [0.25, 0.3) is 10.8 Å². The molecule has 0 fully saturated rings. The first-order chi connectivity index (χ1) is 6.70. The highest BCUT2D eigenvalue weighted by molar-refractivity contribution is 7.80. The van der Waals surface area contributed by atoms with Gasteiger partial charge in [0, 0.05) is 4.90 Å². The fourth-order valence-electron chi connectivity index (χ4n) is 1.52. The third kappa shape index (κ3) is 1.36. The van der Waals surface area contributed by atoms with E-state index in [0.717, 1.165) is 10.8 Å². The van der Waals surface area contributed by atoms with Gasteiger partial charge in [-0.2, -0.15) is 0 Å². The first kappa shape index (κ1) is 9.09. The van der Waals surface area contributed by atoms with Gasteiger partial charge in [0.05, 0.1) is 5.56 Å². The summed E-state index contributed by atoms with van der Waals surface area (Å²) in [7, 11) is 0. The predicted octanol–water partition coefficient (Wildman–Crippen LogP) is 2.23. The van der Waals surface area contributed by atoms with Gasteiger partial charge >= 0.3 is 0 Å². The van der Waals surface area contributed by atoms with Crippen LogP contribution in [0.5, 0.6) is 0 Å². The minimum atomic E-state index is -0.438. The Balaban J connectivity index is 2.90. The van der Waals surface area contributed by atoms with Gasteiger partial charge in [-0.05, 0) is 16.8 Å². The smallest absolute Gasteiger partial charge is 0.250 e. The number of benzene rings is 2. The molecule has 2 aromatic carbocycles. The Morgan fingerprint density at radius 3 is 2.57 bits per heavy atom. The molecule has 0 aliphatic rings. The van der Waals surface area contributed by atoms with Crippen LogP contribution in [0.15, 0.2) is 41.3 Å². The van der Waals surface area contributed by atoms with E-state index in [-0.39, 0.29) is 0 Å².